The molecule has 0 aromatic rings. The second-order valence-electron chi connectivity index (χ2n) is 2.33. The molecule has 0 spiro atoms. The zero-order valence-corrected chi connectivity index (χ0v) is 9.97. The molecule has 0 saturated heterocycles. The van der Waals surface area contributed by atoms with Gasteiger partial charge in [0.05, 0.1) is 0 Å². The maximum absolute atomic E-state index is 2.30. The van der Waals surface area contributed by atoms with Crippen molar-refractivity contribution in [2.24, 2.45) is 11.8 Å². The fourth-order valence-corrected chi connectivity index (χ4v) is 1.33. The molecule has 0 fully saturated rings. The van der Waals surface area contributed by atoms with Crippen molar-refractivity contribution >= 4 is 0 Å². The molecule has 0 amide bonds. The molecule has 0 unspecified atom stereocenters. The van der Waals surface area contributed by atoms with Crippen molar-refractivity contribution in [2.75, 3.05) is 0 Å². The molecule has 2 aliphatic carbocycles. The minimum atomic E-state index is 0. The molecule has 60 valence electrons. The Morgan fingerprint density at radius 2 is 1.10 bits per heavy atom. The molecule has 0 atom stereocenters. The minimum absolute atomic E-state index is 0. The summed E-state index contributed by atoms with van der Waals surface area (Å²) in [5, 5.41) is 0. The van der Waals surface area contributed by atoms with Crippen LogP contribution in [0.1, 0.15) is 6.42 Å². The van der Waals surface area contributed by atoms with E-state index < -0.39 is 0 Å². The van der Waals surface area contributed by atoms with Gasteiger partial charge in [-0.05, 0) is 18.3 Å². The van der Waals surface area contributed by atoms with Crippen LogP contribution in [-0.4, -0.2) is 0 Å². The van der Waals surface area contributed by atoms with E-state index in [1.165, 1.54) is 6.42 Å². The average molecular weight is 358 g/mol. The summed E-state index contributed by atoms with van der Waals surface area (Å²) in [5.74, 6) is 1.62. The fourth-order valence-electron chi connectivity index (χ4n) is 1.33. The first-order valence-electron chi connectivity index (χ1n) is 2.82. The Bertz CT molecular complexity index is 115. The van der Waals surface area contributed by atoms with Crippen LogP contribution in [0.15, 0.2) is 24.3 Å². The molecule has 2 rings (SSSR count). The summed E-state index contributed by atoms with van der Waals surface area (Å²) in [6, 6.07) is 0. The number of halogens is 2. The normalized spacial score (nSPS) is 30.4. The van der Waals surface area contributed by atoms with Crippen molar-refractivity contribution in [3.8, 4) is 0 Å². The number of hydrogen-bond donors (Lipinski definition) is 0. The molecule has 0 nitrogen and oxygen atoms in total. The van der Waals surface area contributed by atoms with Crippen molar-refractivity contribution in [2.45, 2.75) is 6.42 Å². The van der Waals surface area contributed by atoms with E-state index in [4.69, 9.17) is 0 Å². The molecule has 0 N–H and O–H groups in total. The van der Waals surface area contributed by atoms with Gasteiger partial charge < -0.3 is 34.0 Å². The molecule has 2 aliphatic rings. The third-order valence-electron chi connectivity index (χ3n) is 1.76. The van der Waals surface area contributed by atoms with Crippen molar-refractivity contribution in [1.29, 1.82) is 0 Å². The monoisotopic (exact) mass is 356 g/mol. The van der Waals surface area contributed by atoms with Gasteiger partial charge in [-0.25, -0.2) is 0 Å². The van der Waals surface area contributed by atoms with Crippen molar-refractivity contribution in [1.82, 2.24) is 0 Å². The van der Waals surface area contributed by atoms with Crippen LogP contribution in [-0.2, 0) is 20.4 Å². The molecular weight excluding hydrogens is 350 g/mol. The summed E-state index contributed by atoms with van der Waals surface area (Å²) in [6.45, 7) is 0. The van der Waals surface area contributed by atoms with Crippen LogP contribution in [0, 0.1) is 11.8 Å². The summed E-state index contributed by atoms with van der Waals surface area (Å²) < 4.78 is 0. The van der Waals surface area contributed by atoms with Crippen molar-refractivity contribution in [3.63, 3.8) is 0 Å². The van der Waals surface area contributed by atoms with Gasteiger partial charge in [-0.15, -0.1) is 0 Å². The molecular formula is C7H8Br2Pd. The van der Waals surface area contributed by atoms with Crippen LogP contribution in [0.5, 0.6) is 0 Å². The fraction of sp³-hybridized carbons (Fsp3) is 0.429. The summed E-state index contributed by atoms with van der Waals surface area (Å²) in [6.07, 6.45) is 10.5. The van der Waals surface area contributed by atoms with Gasteiger partial charge in [0, 0.05) is 0 Å². The zero-order valence-electron chi connectivity index (χ0n) is 5.24. The number of hydrogen-bond acceptors (Lipinski definition) is 0. The van der Waals surface area contributed by atoms with Gasteiger partial charge in [0.2, 0.25) is 0 Å². The van der Waals surface area contributed by atoms with Crippen molar-refractivity contribution in [3.05, 3.63) is 24.3 Å². The SMILES string of the molecule is C1=CC2C=CC1C2.[Br-].[Br-].[Pd+2]. The van der Waals surface area contributed by atoms with E-state index in [1.807, 2.05) is 0 Å². The van der Waals surface area contributed by atoms with Gasteiger partial charge >= 0.3 is 20.4 Å². The average Bonchev–Trinajstić information content (AvgIpc) is 2.22. The van der Waals surface area contributed by atoms with E-state index in [9.17, 15) is 0 Å². The van der Waals surface area contributed by atoms with Crippen LogP contribution >= 0.6 is 0 Å². The first-order valence-corrected chi connectivity index (χ1v) is 2.82. The maximum Gasteiger partial charge on any atom is 2.00 e. The molecule has 0 aromatic carbocycles. The van der Waals surface area contributed by atoms with E-state index in [-0.39, 0.29) is 54.4 Å². The van der Waals surface area contributed by atoms with Crippen LogP contribution in [0.25, 0.3) is 0 Å². The van der Waals surface area contributed by atoms with E-state index in [2.05, 4.69) is 24.3 Å². The Hall–Kier alpha value is 1.10. The van der Waals surface area contributed by atoms with Crippen LogP contribution in [0.3, 0.4) is 0 Å². The molecule has 3 heteroatoms. The Labute approximate surface area is 96.3 Å². The Balaban J connectivity index is 0. The summed E-state index contributed by atoms with van der Waals surface area (Å²) in [5.41, 5.74) is 0. The van der Waals surface area contributed by atoms with Crippen LogP contribution < -0.4 is 34.0 Å². The van der Waals surface area contributed by atoms with E-state index >= 15 is 0 Å². The molecule has 2 bridgehead atoms. The van der Waals surface area contributed by atoms with Gasteiger partial charge in [-0.1, -0.05) is 24.3 Å². The topological polar surface area (TPSA) is 0 Å². The van der Waals surface area contributed by atoms with Crippen molar-refractivity contribution < 1.29 is 54.4 Å². The molecule has 0 saturated carbocycles. The summed E-state index contributed by atoms with van der Waals surface area (Å²) in [7, 11) is 0. The molecule has 0 heterocycles. The molecule has 0 radical (unpaired) electrons. The quantitative estimate of drug-likeness (QED) is 0.304. The molecule has 0 aromatic heterocycles. The van der Waals surface area contributed by atoms with Gasteiger partial charge in [0.15, 0.2) is 0 Å². The third-order valence-corrected chi connectivity index (χ3v) is 1.76. The maximum atomic E-state index is 2.30. The Morgan fingerprint density at radius 3 is 1.20 bits per heavy atom. The number of allylic oxidation sites excluding steroid dienone is 4. The van der Waals surface area contributed by atoms with E-state index in [1.54, 1.807) is 0 Å². The number of fused-ring (bicyclic) bond motifs is 2. The predicted octanol–water partition coefficient (Wildman–Crippen LogP) is -4.25. The second-order valence-corrected chi connectivity index (χ2v) is 2.33. The zero-order chi connectivity index (χ0) is 4.69. The van der Waals surface area contributed by atoms with Gasteiger partial charge in [0.25, 0.3) is 0 Å². The first-order chi connectivity index (χ1) is 3.45. The smallest absolute Gasteiger partial charge is 1.00 e. The third kappa shape index (κ3) is 2.62. The Morgan fingerprint density at radius 1 is 0.800 bits per heavy atom. The number of rotatable bonds is 0. The molecule has 10 heavy (non-hydrogen) atoms. The summed E-state index contributed by atoms with van der Waals surface area (Å²) >= 11 is 0. The standard InChI is InChI=1S/C7H8.2BrH.Pd/c1-2-7-4-3-6(1)5-7;;;/h1-4,6-7H,5H2;2*1H;/q;;;+2/p-2. The Kier molecular flexibility index (Phi) is 7.82. The first kappa shape index (κ1) is 13.7. The van der Waals surface area contributed by atoms with Gasteiger partial charge in [0.1, 0.15) is 0 Å². The summed E-state index contributed by atoms with van der Waals surface area (Å²) in [4.78, 5) is 0. The largest absolute Gasteiger partial charge is 2.00 e. The van der Waals surface area contributed by atoms with E-state index in [0.717, 1.165) is 11.8 Å². The second kappa shape index (κ2) is 5.71. The minimum Gasteiger partial charge on any atom is -1.00 e. The molecule has 0 aliphatic heterocycles. The van der Waals surface area contributed by atoms with Crippen LogP contribution in [0.2, 0.25) is 0 Å². The van der Waals surface area contributed by atoms with E-state index in [0.29, 0.717) is 0 Å². The van der Waals surface area contributed by atoms with Gasteiger partial charge in [-0.2, -0.15) is 0 Å². The van der Waals surface area contributed by atoms with Crippen LogP contribution in [0.4, 0.5) is 0 Å². The van der Waals surface area contributed by atoms with Gasteiger partial charge in [-0.3, -0.25) is 0 Å². The predicted molar refractivity (Wildman–Crippen MR) is 29.9 cm³/mol.